The number of aryl methyl sites for hydroxylation is 2. The van der Waals surface area contributed by atoms with E-state index in [0.717, 1.165) is 10.1 Å². The summed E-state index contributed by atoms with van der Waals surface area (Å²) in [6, 6.07) is 13.3. The molecule has 2 aromatic carbocycles. The number of pyridine rings is 1. The van der Waals surface area contributed by atoms with Gasteiger partial charge in [0.1, 0.15) is 17.0 Å². The van der Waals surface area contributed by atoms with Crippen LogP contribution in [0.4, 0.5) is 15.9 Å². The van der Waals surface area contributed by atoms with E-state index in [4.69, 9.17) is 0 Å². The van der Waals surface area contributed by atoms with Gasteiger partial charge in [-0.3, -0.25) is 23.3 Å². The fourth-order valence-corrected chi connectivity index (χ4v) is 4.08. The number of aliphatic hydroxyl groups is 1. The Kier molecular flexibility index (Phi) is 6.21. The molecule has 34 heavy (non-hydrogen) atoms. The van der Waals surface area contributed by atoms with Crippen LogP contribution in [-0.2, 0) is 13.6 Å². The molecule has 0 aliphatic carbocycles. The number of nitrogens with zero attached hydrogens (tertiary/aromatic N) is 3. The number of fused-ring (bicyclic) bond motifs is 1. The zero-order valence-corrected chi connectivity index (χ0v) is 19.1. The molecule has 2 aromatic heterocycles. The third kappa shape index (κ3) is 3.84. The average Bonchev–Trinajstić information content (AvgIpc) is 2.82. The normalized spacial score (nSPS) is 11.2. The first-order valence-electron chi connectivity index (χ1n) is 10.8. The van der Waals surface area contributed by atoms with Crippen LogP contribution in [0.2, 0.25) is 0 Å². The molecule has 4 aromatic rings. The minimum atomic E-state index is -0.630. The Balaban J connectivity index is 2.18. The zero-order chi connectivity index (χ0) is 24.6. The van der Waals surface area contributed by atoms with Gasteiger partial charge in [0.2, 0.25) is 0 Å². The Labute approximate surface area is 194 Å². The number of hydrogen-bond acceptors (Lipinski definition) is 5. The van der Waals surface area contributed by atoms with Crippen molar-refractivity contribution in [3.8, 4) is 5.69 Å². The van der Waals surface area contributed by atoms with Crippen LogP contribution in [0.15, 0.2) is 62.9 Å². The van der Waals surface area contributed by atoms with Crippen molar-refractivity contribution in [1.29, 1.82) is 0 Å². The Morgan fingerprint density at radius 2 is 1.71 bits per heavy atom. The van der Waals surface area contributed by atoms with Crippen molar-refractivity contribution in [3.63, 3.8) is 0 Å². The lowest BCUT2D eigenvalue weighted by molar-refractivity contribution is 0.278. The summed E-state index contributed by atoms with van der Waals surface area (Å²) in [4.78, 5) is 40.3. The molecule has 0 aliphatic heterocycles. The smallest absolute Gasteiger partial charge is 0.336 e. The molecule has 9 heteroatoms. The molecule has 0 spiro atoms. The Hall–Kier alpha value is -3.98. The SMILES string of the molecule is Cc1ccc(Nc2c3c(=O)n(CCCO)c(=O)n(-c4ccccc4)c3c(C)c(=O)n2C)c(F)c1. The van der Waals surface area contributed by atoms with Gasteiger partial charge in [-0.25, -0.2) is 9.18 Å². The van der Waals surface area contributed by atoms with Gasteiger partial charge in [0.05, 0.1) is 16.9 Å². The fourth-order valence-electron chi connectivity index (χ4n) is 4.08. The predicted octanol–water partition coefficient (Wildman–Crippen LogP) is 2.73. The van der Waals surface area contributed by atoms with Crippen molar-refractivity contribution in [2.45, 2.75) is 26.8 Å². The Bertz CT molecular complexity index is 1570. The van der Waals surface area contributed by atoms with Gasteiger partial charge in [-0.05, 0) is 50.1 Å². The minimum Gasteiger partial charge on any atom is -0.396 e. The summed E-state index contributed by atoms with van der Waals surface area (Å²) in [5.41, 5.74) is -0.0487. The zero-order valence-electron chi connectivity index (χ0n) is 19.1. The van der Waals surface area contributed by atoms with Crippen LogP contribution in [-0.4, -0.2) is 25.4 Å². The number of rotatable bonds is 6. The van der Waals surface area contributed by atoms with Crippen LogP contribution in [0.5, 0.6) is 0 Å². The summed E-state index contributed by atoms with van der Waals surface area (Å²) in [5.74, 6) is -0.473. The molecule has 0 unspecified atom stereocenters. The van der Waals surface area contributed by atoms with Crippen molar-refractivity contribution in [1.82, 2.24) is 13.7 Å². The van der Waals surface area contributed by atoms with Gasteiger partial charge in [0.25, 0.3) is 11.1 Å². The molecule has 2 heterocycles. The van der Waals surface area contributed by atoms with Crippen molar-refractivity contribution < 1.29 is 9.50 Å². The molecule has 0 radical (unpaired) electrons. The van der Waals surface area contributed by atoms with Crippen LogP contribution >= 0.6 is 0 Å². The lowest BCUT2D eigenvalue weighted by Crippen LogP contribution is -2.41. The molecule has 2 N–H and O–H groups in total. The summed E-state index contributed by atoms with van der Waals surface area (Å²) in [5, 5.41) is 12.3. The molecule has 0 fully saturated rings. The minimum absolute atomic E-state index is 0.0167. The third-order valence-electron chi connectivity index (χ3n) is 5.83. The number of aromatic nitrogens is 3. The van der Waals surface area contributed by atoms with E-state index >= 15 is 0 Å². The molecule has 176 valence electrons. The van der Waals surface area contributed by atoms with Gasteiger partial charge in [-0.15, -0.1) is 0 Å². The first-order chi connectivity index (χ1) is 16.3. The van der Waals surface area contributed by atoms with Crippen molar-refractivity contribution >= 4 is 22.4 Å². The maximum absolute atomic E-state index is 14.7. The molecular formula is C25H25FN4O4. The molecule has 0 saturated heterocycles. The van der Waals surface area contributed by atoms with Crippen LogP contribution < -0.4 is 22.1 Å². The second-order valence-corrected chi connectivity index (χ2v) is 8.16. The standard InChI is InChI=1S/C25H25FN4O4/c1-15-10-11-19(18(26)14-15)27-22-20-21(16(2)23(32)28(22)3)30(17-8-5-4-6-9-17)25(34)29(24(20)33)12-7-13-31/h4-6,8-11,14,27,31H,7,12-13H2,1-3H3. The molecule has 4 rings (SSSR count). The lowest BCUT2D eigenvalue weighted by atomic mass is 10.1. The van der Waals surface area contributed by atoms with E-state index in [9.17, 15) is 23.9 Å². The third-order valence-corrected chi connectivity index (χ3v) is 5.83. The molecule has 0 atom stereocenters. The Morgan fingerprint density at radius 3 is 2.35 bits per heavy atom. The summed E-state index contributed by atoms with van der Waals surface area (Å²) in [6.07, 6.45) is 0.190. The maximum atomic E-state index is 14.7. The van der Waals surface area contributed by atoms with Crippen LogP contribution in [0.1, 0.15) is 17.5 Å². The highest BCUT2D eigenvalue weighted by atomic mass is 19.1. The van der Waals surface area contributed by atoms with Crippen LogP contribution in [0.25, 0.3) is 16.6 Å². The predicted molar refractivity (Wildman–Crippen MR) is 130 cm³/mol. The van der Waals surface area contributed by atoms with E-state index in [-0.39, 0.29) is 47.5 Å². The van der Waals surface area contributed by atoms with E-state index in [0.29, 0.717) is 5.69 Å². The quantitative estimate of drug-likeness (QED) is 0.457. The van der Waals surface area contributed by atoms with E-state index in [1.807, 2.05) is 0 Å². The fraction of sp³-hybridized carbons (Fsp3) is 0.240. The van der Waals surface area contributed by atoms with Gasteiger partial charge in [-0.1, -0.05) is 24.3 Å². The summed E-state index contributed by atoms with van der Waals surface area (Å²) < 4.78 is 18.3. The number of nitrogens with one attached hydrogen (secondary N) is 1. The van der Waals surface area contributed by atoms with Crippen molar-refractivity contribution in [3.05, 3.63) is 96.7 Å². The van der Waals surface area contributed by atoms with Crippen molar-refractivity contribution in [2.75, 3.05) is 11.9 Å². The van der Waals surface area contributed by atoms with E-state index in [2.05, 4.69) is 5.32 Å². The van der Waals surface area contributed by atoms with E-state index in [1.165, 1.54) is 28.3 Å². The summed E-state index contributed by atoms with van der Waals surface area (Å²) >= 11 is 0. The monoisotopic (exact) mass is 464 g/mol. The second-order valence-electron chi connectivity index (χ2n) is 8.16. The molecular weight excluding hydrogens is 439 g/mol. The highest BCUT2D eigenvalue weighted by Crippen LogP contribution is 2.27. The van der Waals surface area contributed by atoms with Gasteiger partial charge in [-0.2, -0.15) is 0 Å². The first-order valence-corrected chi connectivity index (χ1v) is 10.8. The second kappa shape index (κ2) is 9.11. The van der Waals surface area contributed by atoms with Gasteiger partial charge in [0.15, 0.2) is 0 Å². The first kappa shape index (κ1) is 23.2. The topological polar surface area (TPSA) is 98.3 Å². The highest BCUT2D eigenvalue weighted by Gasteiger charge is 2.23. The van der Waals surface area contributed by atoms with Gasteiger partial charge >= 0.3 is 5.69 Å². The maximum Gasteiger partial charge on any atom is 0.336 e. The summed E-state index contributed by atoms with van der Waals surface area (Å²) in [6.45, 7) is 3.08. The number of benzene rings is 2. The largest absolute Gasteiger partial charge is 0.396 e. The number of aliphatic hydroxyl groups excluding tert-OH is 1. The Morgan fingerprint density at radius 1 is 1.00 bits per heavy atom. The molecule has 0 amide bonds. The average molecular weight is 464 g/mol. The summed E-state index contributed by atoms with van der Waals surface area (Å²) in [7, 11) is 1.48. The highest BCUT2D eigenvalue weighted by molar-refractivity contribution is 5.93. The van der Waals surface area contributed by atoms with E-state index < -0.39 is 22.6 Å². The van der Waals surface area contributed by atoms with Crippen molar-refractivity contribution in [2.24, 2.45) is 7.05 Å². The van der Waals surface area contributed by atoms with Gasteiger partial charge < -0.3 is 10.4 Å². The van der Waals surface area contributed by atoms with Crippen LogP contribution in [0, 0.1) is 19.7 Å². The number of hydrogen-bond donors (Lipinski definition) is 2. The molecule has 0 bridgehead atoms. The molecule has 0 aliphatic rings. The number of para-hydroxylation sites is 1. The number of halogens is 1. The van der Waals surface area contributed by atoms with E-state index in [1.54, 1.807) is 50.2 Å². The van der Waals surface area contributed by atoms with Gasteiger partial charge in [0, 0.05) is 25.8 Å². The lowest BCUT2D eigenvalue weighted by Gasteiger charge is -2.20. The molecule has 0 saturated carbocycles. The molecule has 8 nitrogen and oxygen atoms in total. The van der Waals surface area contributed by atoms with Crippen LogP contribution in [0.3, 0.4) is 0 Å². The number of anilines is 2.